The van der Waals surface area contributed by atoms with Crippen molar-refractivity contribution in [3.05, 3.63) is 53.6 Å². The van der Waals surface area contributed by atoms with Gasteiger partial charge in [0, 0.05) is 32.0 Å². The van der Waals surface area contributed by atoms with Crippen molar-refractivity contribution in [3.63, 3.8) is 0 Å². The molecule has 0 aromatic heterocycles. The zero-order valence-corrected chi connectivity index (χ0v) is 15.2. The van der Waals surface area contributed by atoms with E-state index in [0.717, 1.165) is 6.42 Å². The molecule has 138 valence electrons. The summed E-state index contributed by atoms with van der Waals surface area (Å²) >= 11 is 0. The highest BCUT2D eigenvalue weighted by Gasteiger charge is 2.20. The van der Waals surface area contributed by atoms with E-state index in [0.29, 0.717) is 43.5 Å². The second-order valence-electron chi connectivity index (χ2n) is 6.08. The average Bonchev–Trinajstić information content (AvgIpc) is 2.68. The van der Waals surface area contributed by atoms with Gasteiger partial charge in [0.25, 0.3) is 0 Å². The summed E-state index contributed by atoms with van der Waals surface area (Å²) in [5.41, 5.74) is 3.18. The van der Waals surface area contributed by atoms with Crippen molar-refractivity contribution in [1.29, 1.82) is 0 Å². The number of benzene rings is 2. The Labute approximate surface area is 153 Å². The minimum atomic E-state index is -0.118. The third-order valence-corrected chi connectivity index (χ3v) is 4.38. The van der Waals surface area contributed by atoms with Crippen molar-refractivity contribution >= 4 is 11.7 Å². The van der Waals surface area contributed by atoms with E-state index in [1.165, 1.54) is 11.1 Å². The summed E-state index contributed by atoms with van der Waals surface area (Å²) in [6.45, 7) is 2.21. The molecule has 26 heavy (non-hydrogen) atoms. The van der Waals surface area contributed by atoms with Gasteiger partial charge in [-0.3, -0.25) is 0 Å². The third-order valence-electron chi connectivity index (χ3n) is 4.38. The van der Waals surface area contributed by atoms with Crippen LogP contribution in [0.1, 0.15) is 11.1 Å². The fraction of sp³-hybridized carbons (Fsp3) is 0.350. The van der Waals surface area contributed by atoms with E-state index in [2.05, 4.69) is 17.4 Å². The van der Waals surface area contributed by atoms with Crippen LogP contribution >= 0.6 is 0 Å². The molecular weight excluding hydrogens is 332 g/mol. The number of hydrogen-bond donors (Lipinski definition) is 1. The monoisotopic (exact) mass is 356 g/mol. The van der Waals surface area contributed by atoms with Crippen LogP contribution in [0.5, 0.6) is 11.5 Å². The number of hydrogen-bond acceptors (Lipinski definition) is 4. The molecule has 2 aromatic carbocycles. The Morgan fingerprint density at radius 2 is 1.88 bits per heavy atom. The molecule has 2 aromatic rings. The number of fused-ring (bicyclic) bond motifs is 1. The van der Waals surface area contributed by atoms with Crippen molar-refractivity contribution in [2.24, 2.45) is 0 Å². The lowest BCUT2D eigenvalue weighted by Gasteiger charge is -2.29. The molecule has 0 spiro atoms. The summed E-state index contributed by atoms with van der Waals surface area (Å²) in [6.07, 6.45) is 0.873. The van der Waals surface area contributed by atoms with E-state index in [1.807, 2.05) is 17.0 Å². The largest absolute Gasteiger partial charge is 0.493 e. The summed E-state index contributed by atoms with van der Waals surface area (Å²) < 4.78 is 16.0. The molecule has 2 amide bonds. The molecule has 1 N–H and O–H groups in total. The molecule has 3 rings (SSSR count). The number of rotatable bonds is 6. The molecule has 0 saturated heterocycles. The normalized spacial score (nSPS) is 13.1. The maximum absolute atomic E-state index is 12.6. The molecule has 0 unspecified atom stereocenters. The first-order valence-corrected chi connectivity index (χ1v) is 8.63. The molecule has 0 aliphatic carbocycles. The number of carbonyl (C=O) groups is 1. The standard InChI is InChI=1S/C20H24N2O4/c1-24-11-12-26-19-13-17(7-8-18(19)25-2)21-20(23)22-10-9-15-5-3-4-6-16(15)14-22/h3-8,13H,9-12,14H2,1-2H3,(H,21,23). The van der Waals surface area contributed by atoms with Crippen LogP contribution in [-0.4, -0.2) is 44.9 Å². The van der Waals surface area contributed by atoms with Crippen molar-refractivity contribution in [2.75, 3.05) is 39.3 Å². The first-order chi connectivity index (χ1) is 12.7. The zero-order valence-electron chi connectivity index (χ0n) is 15.2. The Balaban J connectivity index is 1.66. The molecule has 0 fully saturated rings. The van der Waals surface area contributed by atoms with E-state index >= 15 is 0 Å². The van der Waals surface area contributed by atoms with Crippen LogP contribution in [0, 0.1) is 0 Å². The molecule has 6 nitrogen and oxygen atoms in total. The maximum atomic E-state index is 12.6. The third kappa shape index (κ3) is 4.26. The Morgan fingerprint density at radius 1 is 1.08 bits per heavy atom. The van der Waals surface area contributed by atoms with E-state index in [4.69, 9.17) is 14.2 Å². The molecule has 1 aliphatic heterocycles. The van der Waals surface area contributed by atoms with Crippen LogP contribution in [0.25, 0.3) is 0 Å². The van der Waals surface area contributed by atoms with Gasteiger partial charge in [0.2, 0.25) is 0 Å². The maximum Gasteiger partial charge on any atom is 0.322 e. The summed E-state index contributed by atoms with van der Waals surface area (Å²) in [6, 6.07) is 13.5. The predicted octanol–water partition coefficient (Wildman–Crippen LogP) is 3.31. The molecule has 0 radical (unpaired) electrons. The second kappa shape index (κ2) is 8.58. The molecular formula is C20H24N2O4. The highest BCUT2D eigenvalue weighted by molar-refractivity contribution is 5.90. The van der Waals surface area contributed by atoms with Gasteiger partial charge in [-0.25, -0.2) is 4.79 Å². The molecule has 0 atom stereocenters. The fourth-order valence-corrected chi connectivity index (χ4v) is 2.97. The quantitative estimate of drug-likeness (QED) is 0.807. The first-order valence-electron chi connectivity index (χ1n) is 8.63. The van der Waals surface area contributed by atoms with Crippen molar-refractivity contribution < 1.29 is 19.0 Å². The second-order valence-corrected chi connectivity index (χ2v) is 6.08. The van der Waals surface area contributed by atoms with Crippen LogP contribution in [-0.2, 0) is 17.7 Å². The SMILES string of the molecule is COCCOc1cc(NC(=O)N2CCc3ccccc3C2)ccc1OC. The van der Waals surface area contributed by atoms with Gasteiger partial charge in [-0.15, -0.1) is 0 Å². The van der Waals surface area contributed by atoms with Gasteiger partial charge >= 0.3 is 6.03 Å². The highest BCUT2D eigenvalue weighted by Crippen LogP contribution is 2.30. The molecule has 6 heteroatoms. The lowest BCUT2D eigenvalue weighted by molar-refractivity contribution is 0.144. The summed E-state index contributed by atoms with van der Waals surface area (Å²) in [7, 11) is 3.20. The number of nitrogens with one attached hydrogen (secondary N) is 1. The summed E-state index contributed by atoms with van der Waals surface area (Å²) in [5, 5.41) is 2.94. The lowest BCUT2D eigenvalue weighted by Crippen LogP contribution is -2.38. The van der Waals surface area contributed by atoms with E-state index in [9.17, 15) is 4.79 Å². The van der Waals surface area contributed by atoms with E-state index < -0.39 is 0 Å². The van der Waals surface area contributed by atoms with Gasteiger partial charge in [0.15, 0.2) is 11.5 Å². The predicted molar refractivity (Wildman–Crippen MR) is 99.9 cm³/mol. The lowest BCUT2D eigenvalue weighted by atomic mass is 10.0. The molecule has 1 heterocycles. The minimum absolute atomic E-state index is 0.118. The Hall–Kier alpha value is -2.73. The number of amides is 2. The van der Waals surface area contributed by atoms with Crippen molar-refractivity contribution in [3.8, 4) is 11.5 Å². The Bertz CT molecular complexity index is 763. The summed E-state index contributed by atoms with van der Waals surface area (Å²) in [4.78, 5) is 14.4. The van der Waals surface area contributed by atoms with Crippen molar-refractivity contribution in [2.45, 2.75) is 13.0 Å². The number of nitrogens with zero attached hydrogens (tertiary/aromatic N) is 1. The Morgan fingerprint density at radius 3 is 2.65 bits per heavy atom. The number of urea groups is 1. The number of anilines is 1. The topological polar surface area (TPSA) is 60.0 Å². The number of carbonyl (C=O) groups excluding carboxylic acids is 1. The summed E-state index contributed by atoms with van der Waals surface area (Å²) in [5.74, 6) is 1.19. The van der Waals surface area contributed by atoms with Gasteiger partial charge in [-0.1, -0.05) is 24.3 Å². The van der Waals surface area contributed by atoms with E-state index in [1.54, 1.807) is 32.4 Å². The molecule has 0 saturated carbocycles. The minimum Gasteiger partial charge on any atom is -0.493 e. The van der Waals surface area contributed by atoms with Crippen LogP contribution in [0.3, 0.4) is 0 Å². The van der Waals surface area contributed by atoms with Crippen LogP contribution in [0.2, 0.25) is 0 Å². The average molecular weight is 356 g/mol. The molecule has 1 aliphatic rings. The number of methoxy groups -OCH3 is 2. The Kier molecular flexibility index (Phi) is 5.96. The highest BCUT2D eigenvalue weighted by atomic mass is 16.5. The fourth-order valence-electron chi connectivity index (χ4n) is 2.97. The van der Waals surface area contributed by atoms with Crippen molar-refractivity contribution in [1.82, 2.24) is 4.90 Å². The number of ether oxygens (including phenoxy) is 3. The van der Waals surface area contributed by atoms with E-state index in [-0.39, 0.29) is 6.03 Å². The van der Waals surface area contributed by atoms with Crippen LogP contribution < -0.4 is 14.8 Å². The van der Waals surface area contributed by atoms with Gasteiger partial charge in [-0.05, 0) is 29.7 Å². The van der Waals surface area contributed by atoms with Gasteiger partial charge in [-0.2, -0.15) is 0 Å². The molecule has 0 bridgehead atoms. The first kappa shape index (κ1) is 18.1. The zero-order chi connectivity index (χ0) is 18.4. The van der Waals surface area contributed by atoms with Gasteiger partial charge in [0.1, 0.15) is 6.61 Å². The smallest absolute Gasteiger partial charge is 0.322 e. The van der Waals surface area contributed by atoms with Crippen LogP contribution in [0.15, 0.2) is 42.5 Å². The van der Waals surface area contributed by atoms with Crippen LogP contribution in [0.4, 0.5) is 10.5 Å². The van der Waals surface area contributed by atoms with Gasteiger partial charge < -0.3 is 24.4 Å². The van der Waals surface area contributed by atoms with Gasteiger partial charge in [0.05, 0.1) is 13.7 Å².